The number of anilines is 1. The topological polar surface area (TPSA) is 108 Å². The molecule has 8 nitrogen and oxygen atoms in total. The molecule has 0 aromatic heterocycles. The number of primary amides is 1. The lowest BCUT2D eigenvalue weighted by Crippen LogP contribution is -2.46. The van der Waals surface area contributed by atoms with Gasteiger partial charge in [0.2, 0.25) is 5.91 Å². The number of hydrogen-bond acceptors (Lipinski definition) is 6. The van der Waals surface area contributed by atoms with Crippen LogP contribution in [0.2, 0.25) is 0 Å². The minimum absolute atomic E-state index is 0.130. The van der Waals surface area contributed by atoms with Gasteiger partial charge in [0.1, 0.15) is 11.5 Å². The van der Waals surface area contributed by atoms with E-state index in [1.54, 1.807) is 42.3 Å². The number of rotatable bonds is 7. The largest absolute Gasteiger partial charge is 0.497 e. The van der Waals surface area contributed by atoms with Gasteiger partial charge >= 0.3 is 5.97 Å². The molecule has 0 radical (unpaired) electrons. The molecule has 0 spiro atoms. The fraction of sp³-hybridized carbons (Fsp3) is 0.318. The van der Waals surface area contributed by atoms with Crippen LogP contribution < -0.4 is 20.1 Å². The zero-order valence-corrected chi connectivity index (χ0v) is 16.9. The number of hydrogen-bond donors (Lipinski definition) is 1. The molecule has 0 unspecified atom stereocenters. The summed E-state index contributed by atoms with van der Waals surface area (Å²) in [4.78, 5) is 38.5. The van der Waals surface area contributed by atoms with E-state index in [0.29, 0.717) is 22.7 Å². The highest BCUT2D eigenvalue weighted by Crippen LogP contribution is 2.43. The lowest BCUT2D eigenvalue weighted by atomic mass is 9.83. The van der Waals surface area contributed by atoms with Crippen molar-refractivity contribution < 1.29 is 28.6 Å². The van der Waals surface area contributed by atoms with E-state index in [9.17, 15) is 14.4 Å². The van der Waals surface area contributed by atoms with Gasteiger partial charge in [0.05, 0.1) is 26.2 Å². The van der Waals surface area contributed by atoms with Gasteiger partial charge in [0.25, 0.3) is 5.91 Å². The van der Waals surface area contributed by atoms with Crippen molar-refractivity contribution in [2.75, 3.05) is 25.7 Å². The Morgan fingerprint density at radius 3 is 2.40 bits per heavy atom. The second kappa shape index (κ2) is 9.30. The van der Waals surface area contributed by atoms with Crippen LogP contribution in [0, 0.1) is 5.92 Å². The Labute approximate surface area is 174 Å². The summed E-state index contributed by atoms with van der Waals surface area (Å²) in [5.41, 5.74) is 6.40. The molecule has 8 heteroatoms. The monoisotopic (exact) mass is 412 g/mol. The molecule has 2 aromatic carbocycles. The van der Waals surface area contributed by atoms with Crippen LogP contribution in [0.5, 0.6) is 11.5 Å². The average molecular weight is 412 g/mol. The Kier molecular flexibility index (Phi) is 6.56. The van der Waals surface area contributed by atoms with Crippen molar-refractivity contribution in [1.29, 1.82) is 0 Å². The molecule has 2 N–H and O–H groups in total. The molecule has 1 heterocycles. The number of esters is 1. The molecule has 2 aromatic rings. The van der Waals surface area contributed by atoms with Crippen LogP contribution in [0.15, 0.2) is 48.5 Å². The third kappa shape index (κ3) is 4.37. The quantitative estimate of drug-likeness (QED) is 0.699. The summed E-state index contributed by atoms with van der Waals surface area (Å²) in [5.74, 6) is -0.958. The van der Waals surface area contributed by atoms with E-state index < -0.39 is 30.4 Å². The molecule has 2 atom stereocenters. The number of methoxy groups -OCH3 is 2. The van der Waals surface area contributed by atoms with Crippen LogP contribution in [0.25, 0.3) is 0 Å². The minimum Gasteiger partial charge on any atom is -0.497 e. The smallest absolute Gasteiger partial charge is 0.311 e. The lowest BCUT2D eigenvalue weighted by Gasteiger charge is -2.40. The molecule has 1 aliphatic rings. The molecule has 3 rings (SSSR count). The van der Waals surface area contributed by atoms with Crippen molar-refractivity contribution in [3.8, 4) is 11.5 Å². The van der Waals surface area contributed by atoms with Crippen molar-refractivity contribution in [2.24, 2.45) is 11.7 Å². The molecule has 0 aliphatic carbocycles. The number of carbonyl (C=O) groups is 3. The fourth-order valence-electron chi connectivity index (χ4n) is 3.70. The maximum Gasteiger partial charge on any atom is 0.311 e. The molecule has 1 fully saturated rings. The van der Waals surface area contributed by atoms with E-state index in [2.05, 4.69) is 0 Å². The molecule has 158 valence electrons. The van der Waals surface area contributed by atoms with Gasteiger partial charge in [0.15, 0.2) is 6.61 Å². The first kappa shape index (κ1) is 21.2. The van der Waals surface area contributed by atoms with Gasteiger partial charge < -0.3 is 24.8 Å². The van der Waals surface area contributed by atoms with E-state index in [-0.39, 0.29) is 18.7 Å². The molecule has 0 bridgehead atoms. The van der Waals surface area contributed by atoms with Gasteiger partial charge in [-0.25, -0.2) is 0 Å². The number of piperidine rings is 1. The Morgan fingerprint density at radius 2 is 1.77 bits per heavy atom. The summed E-state index contributed by atoms with van der Waals surface area (Å²) < 4.78 is 15.8. The molecule has 0 saturated carbocycles. The first-order chi connectivity index (χ1) is 14.5. The normalized spacial score (nSPS) is 18.6. The Morgan fingerprint density at radius 1 is 1.07 bits per heavy atom. The van der Waals surface area contributed by atoms with Gasteiger partial charge in [-0.2, -0.15) is 0 Å². The highest BCUT2D eigenvalue weighted by atomic mass is 16.5. The molecule has 30 heavy (non-hydrogen) atoms. The molecular weight excluding hydrogens is 388 g/mol. The zero-order chi connectivity index (χ0) is 21.7. The fourth-order valence-corrected chi connectivity index (χ4v) is 3.70. The maximum absolute atomic E-state index is 13.0. The Hall–Kier alpha value is -3.55. The number of nitrogens with zero attached hydrogens (tertiary/aromatic N) is 1. The van der Waals surface area contributed by atoms with Crippen molar-refractivity contribution in [2.45, 2.75) is 18.9 Å². The Balaban J connectivity index is 2.07. The highest BCUT2D eigenvalue weighted by molar-refractivity contribution is 5.97. The zero-order valence-electron chi connectivity index (χ0n) is 16.9. The van der Waals surface area contributed by atoms with Crippen LogP contribution in [0.1, 0.15) is 24.4 Å². The first-order valence-electron chi connectivity index (χ1n) is 9.50. The van der Waals surface area contributed by atoms with Crippen LogP contribution in [0.4, 0.5) is 5.69 Å². The van der Waals surface area contributed by atoms with E-state index in [4.69, 9.17) is 19.9 Å². The summed E-state index contributed by atoms with van der Waals surface area (Å²) in [6.07, 6.45) is 0.444. The predicted molar refractivity (Wildman–Crippen MR) is 109 cm³/mol. The summed E-state index contributed by atoms with van der Waals surface area (Å²) >= 11 is 0. The van der Waals surface area contributed by atoms with Crippen molar-refractivity contribution in [3.05, 3.63) is 54.1 Å². The van der Waals surface area contributed by atoms with Crippen LogP contribution in [0.3, 0.4) is 0 Å². The van der Waals surface area contributed by atoms with Crippen LogP contribution in [-0.2, 0) is 19.1 Å². The van der Waals surface area contributed by atoms with E-state index in [1.165, 1.54) is 7.11 Å². The van der Waals surface area contributed by atoms with Gasteiger partial charge in [-0.1, -0.05) is 18.2 Å². The molecule has 2 amide bonds. The predicted octanol–water partition coefficient (Wildman–Crippen LogP) is 2.22. The van der Waals surface area contributed by atoms with E-state index >= 15 is 0 Å². The van der Waals surface area contributed by atoms with Crippen LogP contribution in [-0.4, -0.2) is 38.6 Å². The van der Waals surface area contributed by atoms with Crippen LogP contribution >= 0.6 is 0 Å². The second-order valence-corrected chi connectivity index (χ2v) is 6.87. The highest BCUT2D eigenvalue weighted by Gasteiger charge is 2.43. The third-order valence-corrected chi connectivity index (χ3v) is 5.06. The SMILES string of the molecule is COc1ccc(N2C(=O)CC[C@H](C(=O)OCC(N)=O)[C@H]2c2ccccc2OC)cc1. The standard InChI is InChI=1S/C22H24N2O6/c1-28-15-9-7-14(8-10-15)24-20(26)12-11-17(22(27)30-13-19(23)25)21(24)16-5-3-4-6-18(16)29-2/h3-10,17,21H,11-13H2,1-2H3,(H2,23,25)/t17-,21+/m0/s1. The number of para-hydroxylation sites is 1. The number of benzene rings is 2. The summed E-state index contributed by atoms with van der Waals surface area (Å²) in [6, 6.07) is 13.6. The van der Waals surface area contributed by atoms with Gasteiger partial charge in [-0.3, -0.25) is 14.4 Å². The van der Waals surface area contributed by atoms with Crippen molar-refractivity contribution in [3.63, 3.8) is 0 Å². The molecular formula is C22H24N2O6. The lowest BCUT2D eigenvalue weighted by molar-refractivity contribution is -0.154. The van der Waals surface area contributed by atoms with E-state index in [1.807, 2.05) is 18.2 Å². The van der Waals surface area contributed by atoms with Gasteiger partial charge in [-0.05, 0) is 36.8 Å². The maximum atomic E-state index is 13.0. The first-order valence-corrected chi connectivity index (χ1v) is 9.50. The molecule has 1 saturated heterocycles. The number of nitrogens with two attached hydrogens (primary N) is 1. The Bertz CT molecular complexity index is 927. The number of ether oxygens (including phenoxy) is 3. The number of amides is 2. The second-order valence-electron chi connectivity index (χ2n) is 6.87. The minimum atomic E-state index is -0.740. The van der Waals surface area contributed by atoms with Gasteiger partial charge in [0, 0.05) is 17.7 Å². The summed E-state index contributed by atoms with van der Waals surface area (Å²) in [7, 11) is 3.09. The molecule has 1 aliphatic heterocycles. The van der Waals surface area contributed by atoms with Crippen molar-refractivity contribution in [1.82, 2.24) is 0 Å². The van der Waals surface area contributed by atoms with Gasteiger partial charge in [-0.15, -0.1) is 0 Å². The summed E-state index contributed by atoms with van der Waals surface area (Å²) in [6.45, 7) is -0.509. The third-order valence-electron chi connectivity index (χ3n) is 5.06. The van der Waals surface area contributed by atoms with Crippen molar-refractivity contribution >= 4 is 23.5 Å². The van der Waals surface area contributed by atoms with E-state index in [0.717, 1.165) is 0 Å². The number of carbonyl (C=O) groups excluding carboxylic acids is 3. The average Bonchev–Trinajstić information content (AvgIpc) is 2.77. The summed E-state index contributed by atoms with van der Waals surface area (Å²) in [5, 5.41) is 0.